The molecule has 0 spiro atoms. The lowest BCUT2D eigenvalue weighted by Crippen LogP contribution is -2.42. The number of carbonyl (C=O) groups is 2. The normalized spacial score (nSPS) is 18.8. The van der Waals surface area contributed by atoms with E-state index in [4.69, 9.17) is 0 Å². The molecule has 0 saturated carbocycles. The van der Waals surface area contributed by atoms with Crippen LogP contribution in [-0.4, -0.2) is 41.0 Å². The molecule has 0 aliphatic carbocycles. The van der Waals surface area contributed by atoms with Crippen molar-refractivity contribution in [1.29, 1.82) is 0 Å². The number of carbonyl (C=O) groups excluding carboxylic acids is 2. The Labute approximate surface area is 118 Å². The highest BCUT2D eigenvalue weighted by molar-refractivity contribution is 5.97. The maximum absolute atomic E-state index is 12.4. The molecule has 1 saturated heterocycles. The Kier molecular flexibility index (Phi) is 4.39. The van der Waals surface area contributed by atoms with Gasteiger partial charge in [0, 0.05) is 31.3 Å². The number of hydrogen-bond acceptors (Lipinski definition) is 3. The Morgan fingerprint density at radius 2 is 2.15 bits per heavy atom. The van der Waals surface area contributed by atoms with E-state index in [9.17, 15) is 14.7 Å². The summed E-state index contributed by atoms with van der Waals surface area (Å²) in [6, 6.07) is 5.27. The molecule has 2 amide bonds. The quantitative estimate of drug-likeness (QED) is 0.861. The first-order chi connectivity index (χ1) is 9.47. The van der Waals surface area contributed by atoms with E-state index in [1.54, 1.807) is 17.0 Å². The highest BCUT2D eigenvalue weighted by Crippen LogP contribution is 2.20. The summed E-state index contributed by atoms with van der Waals surface area (Å²) in [5.74, 6) is -0.263. The molecule has 1 aromatic carbocycles. The summed E-state index contributed by atoms with van der Waals surface area (Å²) in [5.41, 5.74) is 2.10. The Hall–Kier alpha value is -1.88. The van der Waals surface area contributed by atoms with Crippen LogP contribution in [0.15, 0.2) is 18.2 Å². The molecule has 2 N–H and O–H groups in total. The topological polar surface area (TPSA) is 69.6 Å². The van der Waals surface area contributed by atoms with Gasteiger partial charge >= 0.3 is 0 Å². The number of rotatable bonds is 2. The van der Waals surface area contributed by atoms with Gasteiger partial charge in [0.05, 0.1) is 6.10 Å². The summed E-state index contributed by atoms with van der Waals surface area (Å²) in [6.07, 6.45) is 1.12. The average Bonchev–Trinajstić information content (AvgIpc) is 2.40. The molecule has 108 valence electrons. The first kappa shape index (κ1) is 14.5. The Morgan fingerprint density at radius 3 is 2.80 bits per heavy atom. The number of likely N-dealkylation sites (tertiary alicyclic amines) is 1. The van der Waals surface area contributed by atoms with E-state index in [0.717, 1.165) is 18.4 Å². The largest absolute Gasteiger partial charge is 0.391 e. The molecule has 5 nitrogen and oxygen atoms in total. The van der Waals surface area contributed by atoms with E-state index in [2.05, 4.69) is 5.32 Å². The monoisotopic (exact) mass is 276 g/mol. The molecule has 5 heteroatoms. The predicted molar refractivity (Wildman–Crippen MR) is 76.6 cm³/mol. The van der Waals surface area contributed by atoms with Gasteiger partial charge in [-0.05, 0) is 37.5 Å². The van der Waals surface area contributed by atoms with Gasteiger partial charge in [-0.25, -0.2) is 0 Å². The molecule has 0 radical (unpaired) electrons. The lowest BCUT2D eigenvalue weighted by atomic mass is 10.1. The van der Waals surface area contributed by atoms with E-state index in [1.807, 2.05) is 13.0 Å². The summed E-state index contributed by atoms with van der Waals surface area (Å²) < 4.78 is 0. The zero-order valence-corrected chi connectivity index (χ0v) is 11.8. The molecular formula is C15H20N2O3. The van der Waals surface area contributed by atoms with Gasteiger partial charge in [-0.15, -0.1) is 0 Å². The molecule has 0 bridgehead atoms. The second kappa shape index (κ2) is 6.05. The van der Waals surface area contributed by atoms with Crippen molar-refractivity contribution in [2.75, 3.05) is 18.4 Å². The number of amides is 2. The number of β-amino-alcohol motifs (C(OH)–C–C–N with tert-alkyl or cyclic N) is 1. The van der Waals surface area contributed by atoms with Crippen LogP contribution in [0.5, 0.6) is 0 Å². The number of hydrogen-bond donors (Lipinski definition) is 2. The van der Waals surface area contributed by atoms with Gasteiger partial charge in [-0.3, -0.25) is 9.59 Å². The van der Waals surface area contributed by atoms with Gasteiger partial charge in [0.15, 0.2) is 0 Å². The fourth-order valence-corrected chi connectivity index (χ4v) is 2.40. The van der Waals surface area contributed by atoms with Crippen LogP contribution in [0.25, 0.3) is 0 Å². The van der Waals surface area contributed by atoms with Crippen molar-refractivity contribution < 1.29 is 14.7 Å². The van der Waals surface area contributed by atoms with Crippen molar-refractivity contribution in [2.24, 2.45) is 0 Å². The maximum atomic E-state index is 12.4. The maximum Gasteiger partial charge on any atom is 0.254 e. The number of anilines is 1. The predicted octanol–water partition coefficient (Wildman–Crippen LogP) is 1.55. The third-order valence-electron chi connectivity index (χ3n) is 3.48. The van der Waals surface area contributed by atoms with Crippen molar-refractivity contribution >= 4 is 17.5 Å². The van der Waals surface area contributed by atoms with Crippen LogP contribution in [0, 0.1) is 6.92 Å². The van der Waals surface area contributed by atoms with Gasteiger partial charge < -0.3 is 15.3 Å². The number of benzene rings is 1. The van der Waals surface area contributed by atoms with Crippen LogP contribution in [0.4, 0.5) is 5.69 Å². The standard InChI is InChI=1S/C15H20N2O3/c1-10-5-6-12(8-14(10)16-11(2)18)15(20)17-7-3-4-13(19)9-17/h5-6,8,13,19H,3-4,7,9H2,1-2H3,(H,16,18). The zero-order valence-electron chi connectivity index (χ0n) is 11.8. The minimum atomic E-state index is -0.437. The molecule has 1 aromatic rings. The number of piperidine rings is 1. The Balaban J connectivity index is 2.19. The molecule has 1 heterocycles. The van der Waals surface area contributed by atoms with Crippen LogP contribution in [0.3, 0.4) is 0 Å². The number of aliphatic hydroxyl groups excluding tert-OH is 1. The molecule has 2 rings (SSSR count). The summed E-state index contributed by atoms with van der Waals surface area (Å²) in [6.45, 7) is 4.36. The third-order valence-corrected chi connectivity index (χ3v) is 3.48. The fraction of sp³-hybridized carbons (Fsp3) is 0.467. The van der Waals surface area contributed by atoms with E-state index >= 15 is 0 Å². The SMILES string of the molecule is CC(=O)Nc1cc(C(=O)N2CCCC(O)C2)ccc1C. The van der Waals surface area contributed by atoms with Crippen LogP contribution < -0.4 is 5.32 Å². The van der Waals surface area contributed by atoms with Crippen LogP contribution in [-0.2, 0) is 4.79 Å². The smallest absolute Gasteiger partial charge is 0.254 e. The van der Waals surface area contributed by atoms with Gasteiger partial charge in [0.25, 0.3) is 5.91 Å². The molecule has 1 atom stereocenters. The van der Waals surface area contributed by atoms with Crippen LogP contribution in [0.1, 0.15) is 35.7 Å². The molecule has 1 fully saturated rings. The minimum Gasteiger partial charge on any atom is -0.391 e. The first-order valence-corrected chi connectivity index (χ1v) is 6.83. The molecule has 20 heavy (non-hydrogen) atoms. The van der Waals surface area contributed by atoms with Gasteiger partial charge in [0.1, 0.15) is 0 Å². The number of aliphatic hydroxyl groups is 1. The highest BCUT2D eigenvalue weighted by atomic mass is 16.3. The van der Waals surface area contributed by atoms with Crippen molar-refractivity contribution in [3.05, 3.63) is 29.3 Å². The van der Waals surface area contributed by atoms with Crippen molar-refractivity contribution in [2.45, 2.75) is 32.8 Å². The lowest BCUT2D eigenvalue weighted by Gasteiger charge is -2.30. The average molecular weight is 276 g/mol. The van der Waals surface area contributed by atoms with Gasteiger partial charge in [0.2, 0.25) is 5.91 Å². The molecule has 1 unspecified atom stereocenters. The molecule has 1 aliphatic heterocycles. The second-order valence-electron chi connectivity index (χ2n) is 5.26. The van der Waals surface area contributed by atoms with E-state index < -0.39 is 6.10 Å². The van der Waals surface area contributed by atoms with Crippen LogP contribution in [0.2, 0.25) is 0 Å². The summed E-state index contributed by atoms with van der Waals surface area (Å²) >= 11 is 0. The number of nitrogens with zero attached hydrogens (tertiary/aromatic N) is 1. The molecule has 0 aromatic heterocycles. The van der Waals surface area contributed by atoms with Gasteiger partial charge in [-0.1, -0.05) is 6.07 Å². The highest BCUT2D eigenvalue weighted by Gasteiger charge is 2.23. The van der Waals surface area contributed by atoms with E-state index in [1.165, 1.54) is 6.92 Å². The van der Waals surface area contributed by atoms with Crippen molar-refractivity contribution in [3.8, 4) is 0 Å². The number of aryl methyl sites for hydroxylation is 1. The van der Waals surface area contributed by atoms with Gasteiger partial charge in [-0.2, -0.15) is 0 Å². The first-order valence-electron chi connectivity index (χ1n) is 6.83. The minimum absolute atomic E-state index is 0.102. The molecular weight excluding hydrogens is 256 g/mol. The molecule has 1 aliphatic rings. The summed E-state index contributed by atoms with van der Waals surface area (Å²) in [7, 11) is 0. The number of nitrogens with one attached hydrogen (secondary N) is 1. The van der Waals surface area contributed by atoms with Crippen molar-refractivity contribution in [3.63, 3.8) is 0 Å². The van der Waals surface area contributed by atoms with Crippen LogP contribution >= 0.6 is 0 Å². The summed E-state index contributed by atoms with van der Waals surface area (Å²) in [5, 5.41) is 12.4. The van der Waals surface area contributed by atoms with E-state index in [-0.39, 0.29) is 11.8 Å². The Morgan fingerprint density at radius 1 is 1.40 bits per heavy atom. The fourth-order valence-electron chi connectivity index (χ4n) is 2.40. The summed E-state index contributed by atoms with van der Waals surface area (Å²) in [4.78, 5) is 25.2. The third kappa shape index (κ3) is 3.36. The van der Waals surface area contributed by atoms with Crippen molar-refractivity contribution in [1.82, 2.24) is 4.90 Å². The van der Waals surface area contributed by atoms with E-state index in [0.29, 0.717) is 24.3 Å². The lowest BCUT2D eigenvalue weighted by molar-refractivity contribution is -0.114. The second-order valence-corrected chi connectivity index (χ2v) is 5.26. The Bertz CT molecular complexity index is 528. The zero-order chi connectivity index (χ0) is 14.7.